The van der Waals surface area contributed by atoms with Gasteiger partial charge in [0.25, 0.3) is 0 Å². The molecule has 21 heavy (non-hydrogen) atoms. The Labute approximate surface area is 143 Å². The predicted molar refractivity (Wildman–Crippen MR) is 89.4 cm³/mol. The van der Waals surface area contributed by atoms with Gasteiger partial charge in [0.15, 0.2) is 0 Å². The van der Waals surface area contributed by atoms with Gasteiger partial charge in [-0.05, 0) is 41.5 Å². The Bertz CT molecular complexity index is 646. The van der Waals surface area contributed by atoms with Crippen LogP contribution in [0.5, 0.6) is 5.75 Å². The molecular formula is C16H12Cl4O. The standard InChI is InChI=1S/C16H12Cl4O/c1-21-13-4-2-9(3-5-13)14-15(16(14,19)20)10-6-11(17)8-12(18)7-10/h2-8,14-15H,1H3/t14-,15-/m1/s1. The maximum absolute atomic E-state index is 6.47. The van der Waals surface area contributed by atoms with Crippen LogP contribution < -0.4 is 4.74 Å². The molecule has 1 aliphatic rings. The van der Waals surface area contributed by atoms with Crippen molar-refractivity contribution in [2.75, 3.05) is 7.11 Å². The minimum atomic E-state index is -0.845. The van der Waals surface area contributed by atoms with Crippen LogP contribution >= 0.6 is 46.4 Å². The molecule has 0 radical (unpaired) electrons. The molecule has 0 heterocycles. The molecule has 0 unspecified atom stereocenters. The first-order valence-electron chi connectivity index (χ1n) is 6.41. The lowest BCUT2D eigenvalue weighted by molar-refractivity contribution is 0.414. The summed E-state index contributed by atoms with van der Waals surface area (Å²) in [5.74, 6) is 0.795. The molecule has 2 aromatic carbocycles. The summed E-state index contributed by atoms with van der Waals surface area (Å²) in [5, 5.41) is 1.17. The Balaban J connectivity index is 1.93. The van der Waals surface area contributed by atoms with E-state index in [1.807, 2.05) is 36.4 Å². The van der Waals surface area contributed by atoms with Crippen molar-refractivity contribution in [2.24, 2.45) is 0 Å². The van der Waals surface area contributed by atoms with E-state index < -0.39 is 4.33 Å². The zero-order valence-corrected chi connectivity index (χ0v) is 14.1. The third-order valence-electron chi connectivity index (χ3n) is 3.77. The highest BCUT2D eigenvalue weighted by atomic mass is 35.5. The molecule has 0 N–H and O–H groups in total. The predicted octanol–water partition coefficient (Wildman–Crippen LogP) is 6.06. The van der Waals surface area contributed by atoms with E-state index in [2.05, 4.69) is 0 Å². The van der Waals surface area contributed by atoms with E-state index in [1.54, 1.807) is 13.2 Å². The highest BCUT2D eigenvalue weighted by Crippen LogP contribution is 2.70. The number of benzene rings is 2. The molecule has 2 atom stereocenters. The van der Waals surface area contributed by atoms with Gasteiger partial charge in [-0.2, -0.15) is 0 Å². The summed E-state index contributed by atoms with van der Waals surface area (Å²) in [6.45, 7) is 0. The first-order valence-corrected chi connectivity index (χ1v) is 7.92. The molecule has 5 heteroatoms. The molecular weight excluding hydrogens is 350 g/mol. The summed E-state index contributed by atoms with van der Waals surface area (Å²) >= 11 is 25.1. The molecule has 0 spiro atoms. The fourth-order valence-electron chi connectivity index (χ4n) is 2.72. The molecule has 0 amide bonds. The van der Waals surface area contributed by atoms with Crippen LogP contribution in [0.2, 0.25) is 10.0 Å². The molecule has 110 valence electrons. The average Bonchev–Trinajstić information content (AvgIpc) is 3.00. The number of alkyl halides is 2. The maximum atomic E-state index is 6.47. The van der Waals surface area contributed by atoms with Crippen molar-refractivity contribution in [1.82, 2.24) is 0 Å². The molecule has 1 nitrogen and oxygen atoms in total. The van der Waals surface area contributed by atoms with Crippen molar-refractivity contribution in [3.05, 3.63) is 63.6 Å². The van der Waals surface area contributed by atoms with Crippen molar-refractivity contribution in [3.63, 3.8) is 0 Å². The third-order valence-corrected chi connectivity index (χ3v) is 5.15. The van der Waals surface area contributed by atoms with Crippen LogP contribution in [0.15, 0.2) is 42.5 Å². The van der Waals surface area contributed by atoms with E-state index in [0.717, 1.165) is 16.9 Å². The molecule has 2 aromatic rings. The lowest BCUT2D eigenvalue weighted by atomic mass is 10.0. The van der Waals surface area contributed by atoms with Gasteiger partial charge in [-0.15, -0.1) is 23.2 Å². The minimum Gasteiger partial charge on any atom is -0.497 e. The van der Waals surface area contributed by atoms with E-state index >= 15 is 0 Å². The highest BCUT2D eigenvalue weighted by Gasteiger charge is 2.64. The zero-order valence-electron chi connectivity index (χ0n) is 11.1. The number of methoxy groups -OCH3 is 1. The van der Waals surface area contributed by atoms with Crippen molar-refractivity contribution in [3.8, 4) is 5.75 Å². The number of halogens is 4. The smallest absolute Gasteiger partial charge is 0.133 e. The van der Waals surface area contributed by atoms with E-state index in [0.29, 0.717) is 10.0 Å². The minimum absolute atomic E-state index is 0.0151. The van der Waals surface area contributed by atoms with Crippen LogP contribution in [-0.4, -0.2) is 11.4 Å². The Kier molecular flexibility index (Phi) is 4.04. The van der Waals surface area contributed by atoms with Crippen molar-refractivity contribution >= 4 is 46.4 Å². The molecule has 0 bridgehead atoms. The van der Waals surface area contributed by atoms with Gasteiger partial charge in [-0.1, -0.05) is 35.3 Å². The number of hydrogen-bond donors (Lipinski definition) is 0. The molecule has 1 aliphatic carbocycles. The monoisotopic (exact) mass is 360 g/mol. The molecule has 0 saturated heterocycles. The van der Waals surface area contributed by atoms with Crippen LogP contribution in [-0.2, 0) is 0 Å². The fourth-order valence-corrected chi connectivity index (χ4v) is 4.15. The Morgan fingerprint density at radius 3 is 1.90 bits per heavy atom. The highest BCUT2D eigenvalue weighted by molar-refractivity contribution is 6.52. The van der Waals surface area contributed by atoms with Crippen LogP contribution in [0.3, 0.4) is 0 Å². The first kappa shape index (κ1) is 15.3. The Morgan fingerprint density at radius 2 is 1.38 bits per heavy atom. The maximum Gasteiger partial charge on any atom is 0.133 e. The second-order valence-electron chi connectivity index (χ2n) is 5.11. The molecule has 3 rings (SSSR count). The third kappa shape index (κ3) is 2.85. The van der Waals surface area contributed by atoms with E-state index in [9.17, 15) is 0 Å². The summed E-state index contributed by atoms with van der Waals surface area (Å²) < 4.78 is 4.32. The first-order chi connectivity index (χ1) is 9.93. The van der Waals surface area contributed by atoms with Gasteiger partial charge in [0.1, 0.15) is 10.1 Å². The van der Waals surface area contributed by atoms with E-state index in [-0.39, 0.29) is 11.8 Å². The summed E-state index contributed by atoms with van der Waals surface area (Å²) in [7, 11) is 1.64. The summed E-state index contributed by atoms with van der Waals surface area (Å²) in [4.78, 5) is 0. The van der Waals surface area contributed by atoms with E-state index in [4.69, 9.17) is 51.1 Å². The lowest BCUT2D eigenvalue weighted by Gasteiger charge is -2.04. The van der Waals surface area contributed by atoms with Crippen LogP contribution in [0, 0.1) is 0 Å². The van der Waals surface area contributed by atoms with Gasteiger partial charge in [0.2, 0.25) is 0 Å². The SMILES string of the molecule is COc1ccc([C@@H]2[C@@H](c3cc(Cl)cc(Cl)c3)C2(Cl)Cl)cc1. The van der Waals surface area contributed by atoms with Crippen molar-refractivity contribution < 1.29 is 4.74 Å². The van der Waals surface area contributed by atoms with Gasteiger partial charge >= 0.3 is 0 Å². The molecule has 1 fully saturated rings. The number of hydrogen-bond acceptors (Lipinski definition) is 1. The normalized spacial score (nSPS) is 22.9. The van der Waals surface area contributed by atoms with Gasteiger partial charge in [0, 0.05) is 21.9 Å². The van der Waals surface area contributed by atoms with Gasteiger partial charge < -0.3 is 4.74 Å². The van der Waals surface area contributed by atoms with Crippen LogP contribution in [0.4, 0.5) is 0 Å². The Morgan fingerprint density at radius 1 is 0.857 bits per heavy atom. The molecule has 0 aliphatic heterocycles. The quantitative estimate of drug-likeness (QED) is 0.604. The number of rotatable bonds is 3. The second-order valence-corrected chi connectivity index (χ2v) is 7.42. The fraction of sp³-hybridized carbons (Fsp3) is 0.250. The van der Waals surface area contributed by atoms with Crippen molar-refractivity contribution in [1.29, 1.82) is 0 Å². The number of ether oxygens (including phenoxy) is 1. The largest absolute Gasteiger partial charge is 0.497 e. The van der Waals surface area contributed by atoms with Crippen LogP contribution in [0.1, 0.15) is 23.0 Å². The van der Waals surface area contributed by atoms with Gasteiger partial charge in [0.05, 0.1) is 7.11 Å². The Hall–Kier alpha value is -0.600. The summed E-state index contributed by atoms with van der Waals surface area (Å²) in [6, 6.07) is 13.2. The summed E-state index contributed by atoms with van der Waals surface area (Å²) in [5.41, 5.74) is 2.03. The van der Waals surface area contributed by atoms with Gasteiger partial charge in [-0.25, -0.2) is 0 Å². The molecule has 1 saturated carbocycles. The zero-order chi connectivity index (χ0) is 15.2. The second kappa shape index (κ2) is 5.55. The molecule has 0 aromatic heterocycles. The van der Waals surface area contributed by atoms with E-state index in [1.165, 1.54) is 0 Å². The topological polar surface area (TPSA) is 9.23 Å². The summed E-state index contributed by atoms with van der Waals surface area (Å²) in [6.07, 6.45) is 0. The van der Waals surface area contributed by atoms with Crippen LogP contribution in [0.25, 0.3) is 0 Å². The van der Waals surface area contributed by atoms with Crippen molar-refractivity contribution in [2.45, 2.75) is 16.2 Å². The van der Waals surface area contributed by atoms with Gasteiger partial charge in [-0.3, -0.25) is 0 Å². The lowest BCUT2D eigenvalue weighted by Crippen LogP contribution is -1.91. The average molecular weight is 362 g/mol.